The van der Waals surface area contributed by atoms with Crippen molar-refractivity contribution in [1.29, 1.82) is 0 Å². The Labute approximate surface area is 153 Å². The average molecular weight is 352 g/mol. The quantitative estimate of drug-likeness (QED) is 0.751. The molecule has 0 aliphatic heterocycles. The Morgan fingerprint density at radius 2 is 1.65 bits per heavy atom. The van der Waals surface area contributed by atoms with E-state index in [1.165, 1.54) is 12.7 Å². The van der Waals surface area contributed by atoms with Crippen LogP contribution in [0.5, 0.6) is 0 Å². The molecule has 5 heteroatoms. The molecule has 3 rings (SSSR count). The molecule has 0 saturated heterocycles. The molecule has 1 saturated carbocycles. The van der Waals surface area contributed by atoms with Crippen LogP contribution < -0.4 is 10.6 Å². The third kappa shape index (κ3) is 4.42. The van der Waals surface area contributed by atoms with Gasteiger partial charge in [-0.3, -0.25) is 4.79 Å². The van der Waals surface area contributed by atoms with Crippen molar-refractivity contribution in [3.8, 4) is 0 Å². The molecule has 0 aromatic heterocycles. The zero-order chi connectivity index (χ0) is 18.4. The number of nitrogens with one attached hydrogen (secondary N) is 2. The van der Waals surface area contributed by atoms with Crippen LogP contribution in [0.2, 0.25) is 0 Å². The fourth-order valence-electron chi connectivity index (χ4n) is 3.16. The molecule has 1 aliphatic rings. The SMILES string of the molecule is COC(=O)C[C@@H](NC(=O)NCC1(c2ccccc2)CC1)c1ccccc1. The molecule has 136 valence electrons. The average Bonchev–Trinajstić information content (AvgIpc) is 3.48. The molecule has 0 unspecified atom stereocenters. The molecule has 2 aromatic rings. The van der Waals surface area contributed by atoms with Crippen LogP contribution in [0, 0.1) is 0 Å². The van der Waals surface area contributed by atoms with E-state index in [0.717, 1.165) is 18.4 Å². The molecule has 2 N–H and O–H groups in total. The molecule has 0 heterocycles. The molecule has 0 radical (unpaired) electrons. The van der Waals surface area contributed by atoms with E-state index in [4.69, 9.17) is 4.74 Å². The Hall–Kier alpha value is -2.82. The predicted molar refractivity (Wildman–Crippen MR) is 99.7 cm³/mol. The van der Waals surface area contributed by atoms with E-state index in [1.54, 1.807) is 0 Å². The van der Waals surface area contributed by atoms with Gasteiger partial charge >= 0.3 is 12.0 Å². The Balaban J connectivity index is 1.60. The fourth-order valence-corrected chi connectivity index (χ4v) is 3.16. The van der Waals surface area contributed by atoms with Crippen molar-refractivity contribution in [2.24, 2.45) is 0 Å². The Bertz CT molecular complexity index is 742. The summed E-state index contributed by atoms with van der Waals surface area (Å²) in [6, 6.07) is 19.0. The normalized spacial score (nSPS) is 15.6. The lowest BCUT2D eigenvalue weighted by molar-refractivity contribution is -0.141. The van der Waals surface area contributed by atoms with E-state index in [-0.39, 0.29) is 23.8 Å². The van der Waals surface area contributed by atoms with Crippen LogP contribution in [-0.2, 0) is 14.9 Å². The van der Waals surface area contributed by atoms with Crippen molar-refractivity contribution < 1.29 is 14.3 Å². The van der Waals surface area contributed by atoms with Crippen molar-refractivity contribution >= 4 is 12.0 Å². The van der Waals surface area contributed by atoms with E-state index in [9.17, 15) is 9.59 Å². The van der Waals surface area contributed by atoms with Crippen molar-refractivity contribution in [3.63, 3.8) is 0 Å². The van der Waals surface area contributed by atoms with Gasteiger partial charge in [0.05, 0.1) is 19.6 Å². The van der Waals surface area contributed by atoms with Gasteiger partial charge in [-0.2, -0.15) is 0 Å². The monoisotopic (exact) mass is 352 g/mol. The van der Waals surface area contributed by atoms with Crippen LogP contribution in [0.1, 0.15) is 36.4 Å². The number of hydrogen-bond acceptors (Lipinski definition) is 3. The van der Waals surface area contributed by atoms with Gasteiger partial charge in [-0.15, -0.1) is 0 Å². The second-order valence-corrected chi connectivity index (χ2v) is 6.72. The lowest BCUT2D eigenvalue weighted by atomic mass is 9.96. The maximum atomic E-state index is 12.4. The van der Waals surface area contributed by atoms with Gasteiger partial charge in [-0.1, -0.05) is 60.7 Å². The van der Waals surface area contributed by atoms with Gasteiger partial charge in [0.15, 0.2) is 0 Å². The van der Waals surface area contributed by atoms with E-state index in [0.29, 0.717) is 6.54 Å². The maximum Gasteiger partial charge on any atom is 0.315 e. The molecule has 26 heavy (non-hydrogen) atoms. The van der Waals surface area contributed by atoms with Gasteiger partial charge in [0.25, 0.3) is 0 Å². The molecule has 5 nitrogen and oxygen atoms in total. The molecule has 2 amide bonds. The molecule has 1 fully saturated rings. The number of carbonyl (C=O) groups excluding carboxylic acids is 2. The van der Waals surface area contributed by atoms with E-state index in [1.807, 2.05) is 48.5 Å². The minimum Gasteiger partial charge on any atom is -0.469 e. The molecular weight excluding hydrogens is 328 g/mol. The standard InChI is InChI=1S/C21H24N2O3/c1-26-19(24)14-18(16-8-4-2-5-9-16)23-20(25)22-15-21(12-13-21)17-10-6-3-7-11-17/h2-11,18H,12-15H2,1H3,(H2,22,23,25)/t18-/m1/s1. The molecule has 1 atom stereocenters. The second kappa shape index (κ2) is 8.04. The zero-order valence-corrected chi connectivity index (χ0v) is 14.9. The summed E-state index contributed by atoms with van der Waals surface area (Å²) in [5.41, 5.74) is 2.18. The highest BCUT2D eigenvalue weighted by Crippen LogP contribution is 2.47. The number of esters is 1. The Morgan fingerprint density at radius 3 is 2.23 bits per heavy atom. The number of benzene rings is 2. The van der Waals surface area contributed by atoms with Gasteiger partial charge in [0.2, 0.25) is 0 Å². The summed E-state index contributed by atoms with van der Waals surface area (Å²) in [6.07, 6.45) is 2.24. The summed E-state index contributed by atoms with van der Waals surface area (Å²) in [7, 11) is 1.35. The molecule has 1 aliphatic carbocycles. The Kier molecular flexibility index (Phi) is 5.56. The molecule has 0 spiro atoms. The van der Waals surface area contributed by atoms with Gasteiger partial charge in [-0.05, 0) is 24.0 Å². The lowest BCUT2D eigenvalue weighted by Crippen LogP contribution is -2.42. The fraction of sp³-hybridized carbons (Fsp3) is 0.333. The van der Waals surface area contributed by atoms with Crippen LogP contribution in [0.3, 0.4) is 0 Å². The molecule has 0 bridgehead atoms. The predicted octanol–water partition coefficient (Wildman–Crippen LogP) is 3.32. The van der Waals surface area contributed by atoms with Crippen molar-refractivity contribution in [1.82, 2.24) is 10.6 Å². The van der Waals surface area contributed by atoms with Gasteiger partial charge < -0.3 is 15.4 Å². The van der Waals surface area contributed by atoms with Crippen LogP contribution in [0.25, 0.3) is 0 Å². The van der Waals surface area contributed by atoms with Gasteiger partial charge in [0, 0.05) is 12.0 Å². The highest BCUT2D eigenvalue weighted by atomic mass is 16.5. The topological polar surface area (TPSA) is 67.4 Å². The molecular formula is C21H24N2O3. The third-order valence-corrected chi connectivity index (χ3v) is 4.93. The van der Waals surface area contributed by atoms with Gasteiger partial charge in [0.1, 0.15) is 0 Å². The van der Waals surface area contributed by atoms with Crippen LogP contribution in [0.4, 0.5) is 4.79 Å². The van der Waals surface area contributed by atoms with Crippen LogP contribution >= 0.6 is 0 Å². The number of urea groups is 1. The minimum atomic E-state index is -0.421. The highest BCUT2D eigenvalue weighted by molar-refractivity contribution is 5.76. The highest BCUT2D eigenvalue weighted by Gasteiger charge is 2.44. The number of amides is 2. The van der Waals surface area contributed by atoms with Crippen molar-refractivity contribution in [2.45, 2.75) is 30.7 Å². The first-order valence-corrected chi connectivity index (χ1v) is 8.85. The molecule has 2 aromatic carbocycles. The summed E-state index contributed by atoms with van der Waals surface area (Å²) in [5, 5.41) is 5.87. The van der Waals surface area contributed by atoms with Crippen LogP contribution in [0.15, 0.2) is 60.7 Å². The summed E-state index contributed by atoms with van der Waals surface area (Å²) in [6.45, 7) is 0.586. The van der Waals surface area contributed by atoms with Crippen molar-refractivity contribution in [3.05, 3.63) is 71.8 Å². The number of rotatable bonds is 7. The van der Waals surface area contributed by atoms with E-state index < -0.39 is 6.04 Å². The van der Waals surface area contributed by atoms with Crippen molar-refractivity contribution in [2.75, 3.05) is 13.7 Å². The second-order valence-electron chi connectivity index (χ2n) is 6.72. The first-order valence-electron chi connectivity index (χ1n) is 8.85. The number of carbonyl (C=O) groups is 2. The van der Waals surface area contributed by atoms with E-state index >= 15 is 0 Å². The largest absolute Gasteiger partial charge is 0.469 e. The summed E-state index contributed by atoms with van der Waals surface area (Å²) in [4.78, 5) is 24.1. The minimum absolute atomic E-state index is 0.0448. The number of ether oxygens (including phenoxy) is 1. The van der Waals surface area contributed by atoms with Crippen LogP contribution in [-0.4, -0.2) is 25.7 Å². The number of methoxy groups -OCH3 is 1. The first-order chi connectivity index (χ1) is 12.6. The zero-order valence-electron chi connectivity index (χ0n) is 14.9. The van der Waals surface area contributed by atoms with Gasteiger partial charge in [-0.25, -0.2) is 4.79 Å². The summed E-state index contributed by atoms with van der Waals surface area (Å²) in [5.74, 6) is -0.359. The number of hydrogen-bond donors (Lipinski definition) is 2. The first kappa shape index (κ1) is 18.0. The lowest BCUT2D eigenvalue weighted by Gasteiger charge is -2.21. The van der Waals surface area contributed by atoms with E-state index in [2.05, 4.69) is 22.8 Å². The summed E-state index contributed by atoms with van der Waals surface area (Å²) < 4.78 is 4.76. The maximum absolute atomic E-state index is 12.4. The third-order valence-electron chi connectivity index (χ3n) is 4.93. The Morgan fingerprint density at radius 1 is 1.04 bits per heavy atom. The smallest absolute Gasteiger partial charge is 0.315 e. The summed E-state index contributed by atoms with van der Waals surface area (Å²) >= 11 is 0.